The van der Waals surface area contributed by atoms with Crippen LogP contribution in [0.2, 0.25) is 0 Å². The van der Waals surface area contributed by atoms with E-state index in [9.17, 15) is 22.7 Å². The van der Waals surface area contributed by atoms with Crippen LogP contribution in [0, 0.1) is 23.3 Å². The monoisotopic (exact) mass is 312 g/mol. The molecule has 0 aliphatic carbocycles. The smallest absolute Gasteiger partial charge is 0.159 e. The Balaban J connectivity index is 1.81. The van der Waals surface area contributed by atoms with Crippen molar-refractivity contribution in [3.8, 4) is 0 Å². The predicted octanol–water partition coefficient (Wildman–Crippen LogP) is 4.17. The quantitative estimate of drug-likeness (QED) is 0.794. The van der Waals surface area contributed by atoms with Crippen molar-refractivity contribution in [1.29, 1.82) is 0 Å². The number of hydrogen-bond donors (Lipinski definition) is 1. The van der Waals surface area contributed by atoms with Gasteiger partial charge in [0.15, 0.2) is 23.3 Å². The summed E-state index contributed by atoms with van der Waals surface area (Å²) in [6.07, 6.45) is 0.941. The highest BCUT2D eigenvalue weighted by Gasteiger charge is 2.09. The van der Waals surface area contributed by atoms with Crippen LogP contribution in [-0.4, -0.2) is 11.2 Å². The van der Waals surface area contributed by atoms with Crippen molar-refractivity contribution in [3.63, 3.8) is 0 Å². The minimum atomic E-state index is -0.909. The molecule has 0 aromatic heterocycles. The Bertz CT molecular complexity index is 587. The lowest BCUT2D eigenvalue weighted by Crippen LogP contribution is -2.09. The molecule has 0 fully saturated rings. The Labute approximate surface area is 126 Å². The van der Waals surface area contributed by atoms with E-state index in [-0.39, 0.29) is 0 Å². The van der Waals surface area contributed by atoms with E-state index in [0.717, 1.165) is 24.3 Å². The summed E-state index contributed by atoms with van der Waals surface area (Å²) in [5.41, 5.74) is 1.21. The first-order chi connectivity index (χ1) is 10.5. The molecule has 22 heavy (non-hydrogen) atoms. The molecule has 0 aliphatic rings. The summed E-state index contributed by atoms with van der Waals surface area (Å²) in [7, 11) is 0. The van der Waals surface area contributed by atoms with Crippen molar-refractivity contribution in [2.24, 2.45) is 0 Å². The average Bonchev–Trinajstić information content (AvgIpc) is 2.49. The molecule has 0 bridgehead atoms. The highest BCUT2D eigenvalue weighted by molar-refractivity contribution is 5.19. The van der Waals surface area contributed by atoms with Gasteiger partial charge >= 0.3 is 0 Å². The lowest BCUT2D eigenvalue weighted by Gasteiger charge is -2.11. The van der Waals surface area contributed by atoms with Gasteiger partial charge in [0, 0.05) is 0 Å². The van der Waals surface area contributed by atoms with Crippen molar-refractivity contribution in [2.45, 2.75) is 31.8 Å². The Morgan fingerprint density at radius 3 is 1.45 bits per heavy atom. The molecule has 5 heteroatoms. The van der Waals surface area contributed by atoms with Crippen LogP contribution in [0.5, 0.6) is 0 Å². The molecule has 0 saturated heterocycles. The largest absolute Gasteiger partial charge is 0.393 e. The zero-order chi connectivity index (χ0) is 16.1. The Hall–Kier alpha value is -1.88. The van der Waals surface area contributed by atoms with E-state index in [1.54, 1.807) is 0 Å². The summed E-state index contributed by atoms with van der Waals surface area (Å²) < 4.78 is 51.7. The molecule has 1 N–H and O–H groups in total. The van der Waals surface area contributed by atoms with Crippen LogP contribution in [0.1, 0.15) is 24.0 Å². The second-order valence-corrected chi connectivity index (χ2v) is 5.23. The maximum absolute atomic E-state index is 13.0. The van der Waals surface area contributed by atoms with E-state index in [4.69, 9.17) is 0 Å². The van der Waals surface area contributed by atoms with Crippen molar-refractivity contribution < 1.29 is 22.7 Å². The molecule has 0 saturated carbocycles. The van der Waals surface area contributed by atoms with E-state index in [0.29, 0.717) is 36.8 Å². The van der Waals surface area contributed by atoms with Gasteiger partial charge in [0.25, 0.3) is 0 Å². The van der Waals surface area contributed by atoms with Gasteiger partial charge in [-0.1, -0.05) is 12.1 Å². The number of hydrogen-bond acceptors (Lipinski definition) is 1. The van der Waals surface area contributed by atoms with Gasteiger partial charge in [-0.15, -0.1) is 0 Å². The summed E-state index contributed by atoms with van der Waals surface area (Å²) in [6, 6.07) is 7.27. The van der Waals surface area contributed by atoms with Crippen molar-refractivity contribution in [2.75, 3.05) is 0 Å². The van der Waals surface area contributed by atoms with Crippen molar-refractivity contribution in [3.05, 3.63) is 70.8 Å². The zero-order valence-electron chi connectivity index (χ0n) is 11.8. The molecule has 118 valence electrons. The van der Waals surface area contributed by atoms with Crippen LogP contribution >= 0.6 is 0 Å². The lowest BCUT2D eigenvalue weighted by atomic mass is 10.0. The fourth-order valence-corrected chi connectivity index (χ4v) is 2.20. The Morgan fingerprint density at radius 2 is 1.09 bits per heavy atom. The summed E-state index contributed by atoms with van der Waals surface area (Å²) >= 11 is 0. The summed E-state index contributed by atoms with van der Waals surface area (Å²) in [4.78, 5) is 0. The number of aliphatic hydroxyl groups is 1. The molecule has 2 aromatic carbocycles. The van der Waals surface area contributed by atoms with Gasteiger partial charge in [0.05, 0.1) is 6.10 Å². The molecule has 0 unspecified atom stereocenters. The summed E-state index contributed by atoms with van der Waals surface area (Å²) in [5.74, 6) is -3.62. The minimum absolute atomic E-state index is 0.384. The van der Waals surface area contributed by atoms with Crippen LogP contribution in [0.25, 0.3) is 0 Å². The molecule has 0 spiro atoms. The van der Waals surface area contributed by atoms with Crippen LogP contribution < -0.4 is 0 Å². The van der Waals surface area contributed by atoms with Crippen LogP contribution in [0.4, 0.5) is 17.6 Å². The van der Waals surface area contributed by atoms with Crippen molar-refractivity contribution >= 4 is 0 Å². The number of halogens is 4. The van der Waals surface area contributed by atoms with Crippen LogP contribution in [0.15, 0.2) is 36.4 Å². The fraction of sp³-hybridized carbons (Fsp3) is 0.294. The second-order valence-electron chi connectivity index (χ2n) is 5.23. The molecular formula is C17H16F4O. The molecule has 0 heterocycles. The molecular weight excluding hydrogens is 296 g/mol. The number of rotatable bonds is 6. The molecule has 0 atom stereocenters. The third kappa shape index (κ3) is 4.56. The molecule has 0 radical (unpaired) electrons. The van der Waals surface area contributed by atoms with Gasteiger partial charge in [-0.2, -0.15) is 0 Å². The highest BCUT2D eigenvalue weighted by Crippen LogP contribution is 2.15. The topological polar surface area (TPSA) is 20.2 Å². The van der Waals surface area contributed by atoms with Gasteiger partial charge in [-0.05, 0) is 61.1 Å². The van der Waals surface area contributed by atoms with E-state index in [2.05, 4.69) is 0 Å². The summed E-state index contributed by atoms with van der Waals surface area (Å²) in [5, 5.41) is 9.88. The van der Waals surface area contributed by atoms with E-state index < -0.39 is 29.4 Å². The van der Waals surface area contributed by atoms with Crippen LogP contribution in [0.3, 0.4) is 0 Å². The first kappa shape index (κ1) is 16.5. The van der Waals surface area contributed by atoms with E-state index in [1.165, 1.54) is 12.1 Å². The Kier molecular flexibility index (Phi) is 5.55. The SMILES string of the molecule is OC(CCc1ccc(F)c(F)c1)CCc1ccc(F)c(F)c1. The molecule has 2 aromatic rings. The van der Waals surface area contributed by atoms with Gasteiger partial charge < -0.3 is 5.11 Å². The van der Waals surface area contributed by atoms with Crippen LogP contribution in [-0.2, 0) is 12.8 Å². The lowest BCUT2D eigenvalue weighted by molar-refractivity contribution is 0.155. The normalized spacial score (nSPS) is 11.2. The van der Waals surface area contributed by atoms with E-state index in [1.807, 2.05) is 0 Å². The highest BCUT2D eigenvalue weighted by atomic mass is 19.2. The maximum Gasteiger partial charge on any atom is 0.159 e. The third-order valence-corrected chi connectivity index (χ3v) is 3.50. The standard InChI is InChI=1S/C17H16F4O/c18-14-7-3-11(9-16(14)20)1-5-13(22)6-2-12-4-8-15(19)17(21)10-12/h3-4,7-10,13,22H,1-2,5-6H2. The number of aryl methyl sites for hydroxylation is 2. The molecule has 2 rings (SSSR count). The Morgan fingerprint density at radius 1 is 0.682 bits per heavy atom. The predicted molar refractivity (Wildman–Crippen MR) is 75.4 cm³/mol. The molecule has 1 nitrogen and oxygen atoms in total. The maximum atomic E-state index is 13.0. The third-order valence-electron chi connectivity index (χ3n) is 3.50. The first-order valence-corrected chi connectivity index (χ1v) is 7.01. The number of aliphatic hydroxyl groups excluding tert-OH is 1. The average molecular weight is 312 g/mol. The van der Waals surface area contributed by atoms with Gasteiger partial charge in [0.2, 0.25) is 0 Å². The fourth-order valence-electron chi connectivity index (χ4n) is 2.20. The van der Waals surface area contributed by atoms with Gasteiger partial charge in [0.1, 0.15) is 0 Å². The van der Waals surface area contributed by atoms with Gasteiger partial charge in [-0.3, -0.25) is 0 Å². The van der Waals surface area contributed by atoms with Crippen molar-refractivity contribution in [1.82, 2.24) is 0 Å². The zero-order valence-corrected chi connectivity index (χ0v) is 11.8. The van der Waals surface area contributed by atoms with E-state index >= 15 is 0 Å². The molecule has 0 amide bonds. The first-order valence-electron chi connectivity index (χ1n) is 7.01. The second kappa shape index (κ2) is 7.40. The molecule has 0 aliphatic heterocycles. The van der Waals surface area contributed by atoms with Gasteiger partial charge in [-0.25, -0.2) is 17.6 Å². The number of benzene rings is 2. The minimum Gasteiger partial charge on any atom is -0.393 e. The summed E-state index contributed by atoms with van der Waals surface area (Å²) in [6.45, 7) is 0.